The smallest absolute Gasteiger partial charge is 0.410 e. The van der Waals surface area contributed by atoms with E-state index < -0.39 is 14.7 Å². The lowest BCUT2D eigenvalue weighted by Gasteiger charge is -2.26. The van der Waals surface area contributed by atoms with E-state index >= 15 is 0 Å². The van der Waals surface area contributed by atoms with E-state index in [1.165, 1.54) is 0 Å². The van der Waals surface area contributed by atoms with Crippen LogP contribution in [-0.2, 0) is 13.8 Å². The second-order valence-corrected chi connectivity index (χ2v) is 9.19. The Bertz CT molecular complexity index is 430. The van der Waals surface area contributed by atoms with Crippen molar-refractivity contribution in [3.8, 4) is 0 Å². The van der Waals surface area contributed by atoms with Gasteiger partial charge in [-0.15, -0.1) is 0 Å². The molecule has 1 amide bonds. The molecule has 1 saturated heterocycles. The topological polar surface area (TPSA) is 63.7 Å². The number of nitrogens with zero attached hydrogens (tertiary/aromatic N) is 1. The summed E-state index contributed by atoms with van der Waals surface area (Å²) in [5, 5.41) is 0. The van der Waals surface area contributed by atoms with E-state index in [4.69, 9.17) is 15.4 Å². The standard InChI is InChI=1S/C13H24ClNO4S/c1-13(2,3)19-12(16)15-8-4-5-11(6-9-15)7-10-20(14,17)18/h11H,4-10H2,1-3H3. The van der Waals surface area contributed by atoms with Gasteiger partial charge < -0.3 is 9.64 Å². The highest BCUT2D eigenvalue weighted by molar-refractivity contribution is 8.13. The predicted molar refractivity (Wildman–Crippen MR) is 79.4 cm³/mol. The molecule has 0 aliphatic carbocycles. The third kappa shape index (κ3) is 7.33. The molecule has 0 radical (unpaired) electrons. The Morgan fingerprint density at radius 2 is 1.95 bits per heavy atom. The van der Waals surface area contributed by atoms with Crippen LogP contribution in [0.5, 0.6) is 0 Å². The number of amides is 1. The summed E-state index contributed by atoms with van der Waals surface area (Å²) < 4.78 is 27.3. The van der Waals surface area contributed by atoms with Gasteiger partial charge in [0.15, 0.2) is 0 Å². The normalized spacial score (nSPS) is 21.4. The van der Waals surface area contributed by atoms with Gasteiger partial charge >= 0.3 is 6.09 Å². The first-order chi connectivity index (χ1) is 9.07. The molecule has 1 fully saturated rings. The van der Waals surface area contributed by atoms with Gasteiger partial charge in [0.1, 0.15) is 5.60 Å². The minimum Gasteiger partial charge on any atom is -0.444 e. The van der Waals surface area contributed by atoms with Crippen LogP contribution in [-0.4, -0.2) is 43.9 Å². The maximum absolute atomic E-state index is 12.0. The van der Waals surface area contributed by atoms with Crippen LogP contribution in [0.4, 0.5) is 4.79 Å². The molecule has 1 atom stereocenters. The summed E-state index contributed by atoms with van der Waals surface area (Å²) >= 11 is 0. The van der Waals surface area contributed by atoms with Crippen molar-refractivity contribution < 1.29 is 17.9 Å². The van der Waals surface area contributed by atoms with Crippen LogP contribution in [0.1, 0.15) is 46.5 Å². The van der Waals surface area contributed by atoms with Crippen molar-refractivity contribution in [3.05, 3.63) is 0 Å². The SMILES string of the molecule is CC(C)(C)OC(=O)N1CCCC(CCS(=O)(=O)Cl)CC1. The van der Waals surface area contributed by atoms with Crippen LogP contribution in [0.25, 0.3) is 0 Å². The van der Waals surface area contributed by atoms with Crippen molar-refractivity contribution in [1.29, 1.82) is 0 Å². The molecule has 0 bridgehead atoms. The molecule has 1 heterocycles. The van der Waals surface area contributed by atoms with E-state index in [1.54, 1.807) is 4.90 Å². The highest BCUT2D eigenvalue weighted by atomic mass is 35.7. The molecule has 1 aliphatic rings. The number of halogens is 1. The number of hydrogen-bond acceptors (Lipinski definition) is 4. The molecule has 1 aliphatic heterocycles. The van der Waals surface area contributed by atoms with Crippen molar-refractivity contribution in [3.63, 3.8) is 0 Å². The van der Waals surface area contributed by atoms with E-state index in [0.29, 0.717) is 25.4 Å². The zero-order valence-electron chi connectivity index (χ0n) is 12.4. The molecule has 0 saturated carbocycles. The van der Waals surface area contributed by atoms with Crippen LogP contribution >= 0.6 is 10.7 Å². The van der Waals surface area contributed by atoms with Gasteiger partial charge in [0.25, 0.3) is 0 Å². The Balaban J connectivity index is 2.45. The number of likely N-dealkylation sites (tertiary alicyclic amines) is 1. The first-order valence-electron chi connectivity index (χ1n) is 6.97. The molecule has 0 aromatic heterocycles. The van der Waals surface area contributed by atoms with Crippen molar-refractivity contribution in [2.24, 2.45) is 5.92 Å². The van der Waals surface area contributed by atoms with Crippen molar-refractivity contribution in [2.45, 2.75) is 52.1 Å². The lowest BCUT2D eigenvalue weighted by molar-refractivity contribution is 0.0255. The van der Waals surface area contributed by atoms with Crippen LogP contribution in [0.3, 0.4) is 0 Å². The summed E-state index contributed by atoms with van der Waals surface area (Å²) in [6, 6.07) is 0. The summed E-state index contributed by atoms with van der Waals surface area (Å²) in [5.74, 6) is 0.307. The maximum atomic E-state index is 12.0. The first kappa shape index (κ1) is 17.6. The molecule has 1 rings (SSSR count). The molecule has 0 spiro atoms. The third-order valence-electron chi connectivity index (χ3n) is 3.27. The Hall–Kier alpha value is -0.490. The van der Waals surface area contributed by atoms with Gasteiger partial charge in [0.2, 0.25) is 9.05 Å². The average molecular weight is 326 g/mol. The second kappa shape index (κ2) is 6.98. The summed E-state index contributed by atoms with van der Waals surface area (Å²) in [5.41, 5.74) is -0.491. The van der Waals surface area contributed by atoms with Gasteiger partial charge in [0, 0.05) is 23.8 Å². The summed E-state index contributed by atoms with van der Waals surface area (Å²) in [7, 11) is 1.81. The summed E-state index contributed by atoms with van der Waals surface area (Å²) in [4.78, 5) is 13.7. The van der Waals surface area contributed by atoms with E-state index in [1.807, 2.05) is 20.8 Å². The summed E-state index contributed by atoms with van der Waals surface area (Å²) in [6.45, 7) is 6.81. The van der Waals surface area contributed by atoms with Crippen LogP contribution in [0.2, 0.25) is 0 Å². The summed E-state index contributed by atoms with van der Waals surface area (Å²) in [6.07, 6.45) is 2.86. The monoisotopic (exact) mass is 325 g/mol. The van der Waals surface area contributed by atoms with Gasteiger partial charge in [-0.1, -0.05) is 0 Å². The Morgan fingerprint density at radius 3 is 2.50 bits per heavy atom. The molecule has 5 nitrogen and oxygen atoms in total. The quantitative estimate of drug-likeness (QED) is 0.748. The predicted octanol–water partition coefficient (Wildman–Crippen LogP) is 2.98. The zero-order valence-corrected chi connectivity index (χ0v) is 14.0. The van der Waals surface area contributed by atoms with Crippen LogP contribution < -0.4 is 0 Å². The van der Waals surface area contributed by atoms with E-state index in [2.05, 4.69) is 0 Å². The fourth-order valence-corrected chi connectivity index (χ4v) is 3.15. The van der Waals surface area contributed by atoms with Gasteiger partial charge in [-0.2, -0.15) is 0 Å². The fourth-order valence-electron chi connectivity index (χ4n) is 2.27. The Morgan fingerprint density at radius 1 is 1.30 bits per heavy atom. The van der Waals surface area contributed by atoms with Gasteiger partial charge in [-0.3, -0.25) is 0 Å². The number of hydrogen-bond donors (Lipinski definition) is 0. The molecule has 0 aromatic rings. The van der Waals surface area contributed by atoms with Gasteiger partial charge in [0.05, 0.1) is 5.75 Å². The van der Waals surface area contributed by atoms with Crippen LogP contribution in [0.15, 0.2) is 0 Å². The second-order valence-electron chi connectivity index (χ2n) is 6.30. The molecule has 0 aromatic carbocycles. The lowest BCUT2D eigenvalue weighted by atomic mass is 9.98. The molecule has 1 unspecified atom stereocenters. The fraction of sp³-hybridized carbons (Fsp3) is 0.923. The first-order valence-corrected chi connectivity index (χ1v) is 9.45. The van der Waals surface area contributed by atoms with Gasteiger partial charge in [-0.25, -0.2) is 13.2 Å². The zero-order chi connectivity index (χ0) is 15.4. The largest absolute Gasteiger partial charge is 0.444 e. The molecule has 118 valence electrons. The van der Waals surface area contributed by atoms with E-state index in [-0.39, 0.29) is 11.8 Å². The van der Waals surface area contributed by atoms with E-state index in [0.717, 1.165) is 19.3 Å². The van der Waals surface area contributed by atoms with Crippen molar-refractivity contribution in [2.75, 3.05) is 18.8 Å². The third-order valence-corrected chi connectivity index (χ3v) is 4.46. The van der Waals surface area contributed by atoms with E-state index in [9.17, 15) is 13.2 Å². The van der Waals surface area contributed by atoms with Crippen molar-refractivity contribution >= 4 is 25.8 Å². The molecule has 0 N–H and O–H groups in total. The number of carbonyl (C=O) groups excluding carboxylic acids is 1. The molecule has 20 heavy (non-hydrogen) atoms. The minimum atomic E-state index is -3.42. The molecular formula is C13H24ClNO4S. The van der Waals surface area contributed by atoms with Crippen LogP contribution in [0, 0.1) is 5.92 Å². The highest BCUT2D eigenvalue weighted by Crippen LogP contribution is 2.23. The molecule has 7 heteroatoms. The Labute approximate surface area is 126 Å². The Kier molecular flexibility index (Phi) is 6.13. The van der Waals surface area contributed by atoms with Crippen molar-refractivity contribution in [1.82, 2.24) is 4.90 Å². The highest BCUT2D eigenvalue weighted by Gasteiger charge is 2.25. The average Bonchev–Trinajstić information content (AvgIpc) is 2.48. The number of ether oxygens (including phenoxy) is 1. The minimum absolute atomic E-state index is 0.00561. The lowest BCUT2D eigenvalue weighted by Crippen LogP contribution is -2.37. The molecular weight excluding hydrogens is 302 g/mol. The number of carbonyl (C=O) groups is 1. The maximum Gasteiger partial charge on any atom is 0.410 e. The number of rotatable bonds is 3. The van der Waals surface area contributed by atoms with Gasteiger partial charge in [-0.05, 0) is 52.4 Å².